The molecule has 0 aliphatic carbocycles. The van der Waals surface area contributed by atoms with Crippen LogP contribution in [-0.2, 0) is 65.4 Å². The molecule has 3 N–H and O–H groups in total. The largest absolute Gasteiger partial charge is 0.472 e. The molecule has 99 heavy (non-hydrogen) atoms. The minimum atomic E-state index is -4.96. The number of hydrogen-bond acceptors (Lipinski definition) is 15. The van der Waals surface area contributed by atoms with Gasteiger partial charge in [-0.15, -0.1) is 0 Å². The van der Waals surface area contributed by atoms with Gasteiger partial charge >= 0.3 is 39.5 Å². The molecule has 0 aromatic carbocycles. The van der Waals surface area contributed by atoms with Crippen molar-refractivity contribution in [3.8, 4) is 0 Å². The van der Waals surface area contributed by atoms with Gasteiger partial charge in [0.2, 0.25) is 0 Å². The first-order valence-electron chi connectivity index (χ1n) is 41.6. The maximum Gasteiger partial charge on any atom is 0.472 e. The standard InChI is InChI=1S/C80H156O17P2/c1-7-11-13-15-17-19-21-23-25-26-27-28-29-30-31-33-35-37-39-44-52-58-64-79(84)96-75(68-90-77(82)62-56-50-43-38-36-34-32-24-22-20-18-16-14-12-8-2)70-94-98(86,87)92-66-74(81)67-93-99(88,89)95-71-76(69-91-78(83)63-57-51-47-46-49-55-61-73(6)10-4)97-80(85)65-59-53-45-41-40-42-48-54-60-72(5)9-3/h72-76,81H,7-71H2,1-6H3,(H,86,87)(H,88,89)/t72?,73?,74-,75-,76-/m1/s1. The Labute approximate surface area is 607 Å². The molecule has 17 nitrogen and oxygen atoms in total. The number of unbranched alkanes of at least 4 members (excludes halogenated alkanes) is 47. The van der Waals surface area contributed by atoms with E-state index in [2.05, 4.69) is 41.5 Å². The summed E-state index contributed by atoms with van der Waals surface area (Å²) in [5.41, 5.74) is 0. The van der Waals surface area contributed by atoms with Crippen LogP contribution in [0.4, 0.5) is 0 Å². The second kappa shape index (κ2) is 71.7. The summed E-state index contributed by atoms with van der Waals surface area (Å²) in [5, 5.41) is 10.6. The van der Waals surface area contributed by atoms with Crippen LogP contribution >= 0.6 is 15.6 Å². The molecule has 588 valence electrons. The van der Waals surface area contributed by atoms with Gasteiger partial charge in [-0.25, -0.2) is 9.13 Å². The van der Waals surface area contributed by atoms with Crippen molar-refractivity contribution < 1.29 is 80.2 Å². The van der Waals surface area contributed by atoms with Gasteiger partial charge in [0.05, 0.1) is 26.4 Å². The smallest absolute Gasteiger partial charge is 0.462 e. The zero-order valence-electron chi connectivity index (χ0n) is 64.8. The molecule has 7 atom stereocenters. The lowest BCUT2D eigenvalue weighted by Gasteiger charge is -2.21. The first-order valence-corrected chi connectivity index (χ1v) is 44.6. The maximum absolute atomic E-state index is 13.1. The van der Waals surface area contributed by atoms with E-state index in [0.717, 1.165) is 108 Å². The first kappa shape index (κ1) is 97.1. The molecular formula is C80H156O17P2. The third kappa shape index (κ3) is 71.5. The highest BCUT2D eigenvalue weighted by Crippen LogP contribution is 2.45. The molecule has 0 spiro atoms. The van der Waals surface area contributed by atoms with E-state index < -0.39 is 97.5 Å². The molecule has 19 heteroatoms. The van der Waals surface area contributed by atoms with Crippen LogP contribution in [0.15, 0.2) is 0 Å². The van der Waals surface area contributed by atoms with E-state index in [1.54, 1.807) is 0 Å². The fourth-order valence-electron chi connectivity index (χ4n) is 12.3. The van der Waals surface area contributed by atoms with E-state index in [9.17, 15) is 43.2 Å². The number of phosphoric acid groups is 2. The molecule has 0 fully saturated rings. The summed E-state index contributed by atoms with van der Waals surface area (Å²) < 4.78 is 68.6. The SMILES string of the molecule is CCCCCCCCCCCCCCCCCCCCCCCCC(=O)O[C@H](COC(=O)CCCCCCCCCCCCCCCCC)COP(=O)(O)OC[C@@H](O)COP(=O)(O)OC[C@@H](COC(=O)CCCCCCCCC(C)CC)OC(=O)CCCCCCCCCCC(C)CC. The number of carbonyl (C=O) groups excluding carboxylic acids is 4. The molecule has 0 saturated carbocycles. The van der Waals surface area contributed by atoms with Crippen molar-refractivity contribution in [3.63, 3.8) is 0 Å². The van der Waals surface area contributed by atoms with E-state index >= 15 is 0 Å². The number of phosphoric ester groups is 2. The molecule has 0 aliphatic rings. The number of rotatable bonds is 79. The summed E-state index contributed by atoms with van der Waals surface area (Å²) in [5.74, 6) is -0.614. The monoisotopic (exact) mass is 1450 g/mol. The molecule has 0 amide bonds. The van der Waals surface area contributed by atoms with Gasteiger partial charge in [0, 0.05) is 25.7 Å². The zero-order chi connectivity index (χ0) is 72.8. The van der Waals surface area contributed by atoms with Crippen LogP contribution in [0, 0.1) is 11.8 Å². The highest BCUT2D eigenvalue weighted by Gasteiger charge is 2.30. The van der Waals surface area contributed by atoms with Crippen LogP contribution < -0.4 is 0 Å². The van der Waals surface area contributed by atoms with Crippen LogP contribution in [-0.4, -0.2) is 96.7 Å². The number of aliphatic hydroxyl groups excluding tert-OH is 1. The second-order valence-electron chi connectivity index (χ2n) is 29.3. The fourth-order valence-corrected chi connectivity index (χ4v) is 13.9. The Bertz CT molecular complexity index is 1910. The average Bonchev–Trinajstić information content (AvgIpc) is 1.50. The summed E-state index contributed by atoms with van der Waals surface area (Å²) in [6.45, 7) is 9.57. The minimum Gasteiger partial charge on any atom is -0.462 e. The molecule has 0 saturated heterocycles. The van der Waals surface area contributed by atoms with Crippen molar-refractivity contribution >= 4 is 39.5 Å². The zero-order valence-corrected chi connectivity index (χ0v) is 66.6. The quantitative estimate of drug-likeness (QED) is 0.0222. The molecular weight excluding hydrogens is 1290 g/mol. The van der Waals surface area contributed by atoms with Crippen LogP contribution in [0.2, 0.25) is 0 Å². The van der Waals surface area contributed by atoms with Crippen molar-refractivity contribution in [3.05, 3.63) is 0 Å². The minimum absolute atomic E-state index is 0.104. The lowest BCUT2D eigenvalue weighted by Crippen LogP contribution is -2.30. The molecule has 0 aliphatic heterocycles. The average molecular weight is 1450 g/mol. The normalized spacial score (nSPS) is 14.5. The summed E-state index contributed by atoms with van der Waals surface area (Å²) in [7, 11) is -9.92. The van der Waals surface area contributed by atoms with Crippen molar-refractivity contribution in [2.75, 3.05) is 39.6 Å². The van der Waals surface area contributed by atoms with Gasteiger partial charge in [-0.2, -0.15) is 0 Å². The number of carbonyl (C=O) groups is 4. The van der Waals surface area contributed by atoms with E-state index in [-0.39, 0.29) is 25.7 Å². The van der Waals surface area contributed by atoms with E-state index in [4.69, 9.17) is 37.0 Å². The Balaban J connectivity index is 5.21. The Hall–Kier alpha value is -1.94. The number of esters is 4. The predicted octanol–water partition coefficient (Wildman–Crippen LogP) is 23.9. The molecule has 0 aromatic rings. The van der Waals surface area contributed by atoms with Crippen LogP contribution in [0.5, 0.6) is 0 Å². The lowest BCUT2D eigenvalue weighted by atomic mass is 9.99. The third-order valence-electron chi connectivity index (χ3n) is 19.4. The van der Waals surface area contributed by atoms with Crippen molar-refractivity contribution in [2.24, 2.45) is 11.8 Å². The third-order valence-corrected chi connectivity index (χ3v) is 21.3. The van der Waals surface area contributed by atoms with Crippen molar-refractivity contribution in [2.45, 2.75) is 439 Å². The van der Waals surface area contributed by atoms with Crippen LogP contribution in [0.1, 0.15) is 420 Å². The molecule has 0 aromatic heterocycles. The maximum atomic E-state index is 13.1. The molecule has 4 unspecified atom stereocenters. The molecule has 0 bridgehead atoms. The fraction of sp³-hybridized carbons (Fsp3) is 0.950. The van der Waals surface area contributed by atoms with E-state index in [1.807, 2.05) is 0 Å². The number of aliphatic hydroxyl groups is 1. The summed E-state index contributed by atoms with van der Waals surface area (Å²) in [4.78, 5) is 72.9. The van der Waals surface area contributed by atoms with Crippen LogP contribution in [0.3, 0.4) is 0 Å². The van der Waals surface area contributed by atoms with E-state index in [1.165, 1.54) is 231 Å². The summed E-state index contributed by atoms with van der Waals surface area (Å²) in [6, 6.07) is 0. The summed E-state index contributed by atoms with van der Waals surface area (Å²) in [6.07, 6.45) is 61.2. The van der Waals surface area contributed by atoms with Gasteiger partial charge in [-0.1, -0.05) is 369 Å². The summed E-state index contributed by atoms with van der Waals surface area (Å²) >= 11 is 0. The number of ether oxygens (including phenoxy) is 4. The van der Waals surface area contributed by atoms with Crippen molar-refractivity contribution in [1.29, 1.82) is 0 Å². The van der Waals surface area contributed by atoms with Gasteiger partial charge in [0.1, 0.15) is 19.3 Å². The Morgan fingerprint density at radius 2 is 0.485 bits per heavy atom. The van der Waals surface area contributed by atoms with Crippen LogP contribution in [0.25, 0.3) is 0 Å². The van der Waals surface area contributed by atoms with Crippen molar-refractivity contribution in [1.82, 2.24) is 0 Å². The van der Waals surface area contributed by atoms with Gasteiger partial charge in [-0.05, 0) is 37.5 Å². The van der Waals surface area contributed by atoms with E-state index in [0.29, 0.717) is 25.7 Å². The Morgan fingerprint density at radius 3 is 0.717 bits per heavy atom. The second-order valence-corrected chi connectivity index (χ2v) is 32.2. The Kier molecular flexibility index (Phi) is 70.3. The topological polar surface area (TPSA) is 237 Å². The van der Waals surface area contributed by atoms with Gasteiger partial charge < -0.3 is 33.8 Å². The first-order chi connectivity index (χ1) is 47.9. The highest BCUT2D eigenvalue weighted by molar-refractivity contribution is 7.47. The molecule has 0 radical (unpaired) electrons. The lowest BCUT2D eigenvalue weighted by molar-refractivity contribution is -0.161. The molecule has 0 rings (SSSR count). The van der Waals surface area contributed by atoms with Gasteiger partial charge in [0.15, 0.2) is 12.2 Å². The predicted molar refractivity (Wildman–Crippen MR) is 405 cm³/mol. The number of hydrogen-bond donors (Lipinski definition) is 3. The van der Waals surface area contributed by atoms with Gasteiger partial charge in [0.25, 0.3) is 0 Å². The highest BCUT2D eigenvalue weighted by atomic mass is 31.2. The molecule has 0 heterocycles. The Morgan fingerprint density at radius 1 is 0.283 bits per heavy atom. The van der Waals surface area contributed by atoms with Gasteiger partial charge in [-0.3, -0.25) is 37.3 Å².